The molecule has 0 fully saturated rings. The zero-order valence-electron chi connectivity index (χ0n) is 17.6. The van der Waals surface area contributed by atoms with E-state index in [9.17, 15) is 4.57 Å². The van der Waals surface area contributed by atoms with Crippen molar-refractivity contribution in [2.24, 2.45) is 0 Å². The van der Waals surface area contributed by atoms with Crippen molar-refractivity contribution < 1.29 is 4.57 Å². The molecule has 1 unspecified atom stereocenters. The lowest BCUT2D eigenvalue weighted by Gasteiger charge is -2.33. The fourth-order valence-electron chi connectivity index (χ4n) is 3.55. The van der Waals surface area contributed by atoms with Crippen LogP contribution in [0.2, 0.25) is 19.6 Å². The van der Waals surface area contributed by atoms with Gasteiger partial charge in [-0.1, -0.05) is 90.7 Å². The number of hydrogen-bond acceptors (Lipinski definition) is 1. The van der Waals surface area contributed by atoms with Crippen LogP contribution in [-0.2, 0) is 4.57 Å². The molecular weight excluding hydrogens is 469 g/mol. The highest BCUT2D eigenvalue weighted by atomic mass is 79.9. The third kappa shape index (κ3) is 5.03. The summed E-state index contributed by atoms with van der Waals surface area (Å²) in [5.74, 6) is 0. The maximum absolute atomic E-state index is 14.7. The summed E-state index contributed by atoms with van der Waals surface area (Å²) in [4.78, 5) is 0. The number of halogens is 1. The van der Waals surface area contributed by atoms with Gasteiger partial charge in [0.1, 0.15) is 0 Å². The molecule has 0 heterocycles. The van der Waals surface area contributed by atoms with E-state index >= 15 is 0 Å². The van der Waals surface area contributed by atoms with Gasteiger partial charge in [-0.25, -0.2) is 5.09 Å². The summed E-state index contributed by atoms with van der Waals surface area (Å²) < 4.78 is 15.6. The van der Waals surface area contributed by atoms with Gasteiger partial charge in [0.2, 0.25) is 7.29 Å². The van der Waals surface area contributed by atoms with Crippen LogP contribution in [0, 0.1) is 0 Å². The maximum Gasteiger partial charge on any atom is 0.205 e. The van der Waals surface area contributed by atoms with E-state index in [1.807, 2.05) is 72.8 Å². The average Bonchev–Trinajstić information content (AvgIpc) is 2.74. The van der Waals surface area contributed by atoms with E-state index in [1.165, 1.54) is 0 Å². The van der Waals surface area contributed by atoms with Crippen molar-refractivity contribution in [2.45, 2.75) is 25.7 Å². The molecule has 5 heteroatoms. The molecule has 0 saturated carbocycles. The first-order valence-corrected chi connectivity index (χ1v) is 15.9. The Bertz CT molecular complexity index is 1060. The predicted molar refractivity (Wildman–Crippen MR) is 136 cm³/mol. The summed E-state index contributed by atoms with van der Waals surface area (Å²) in [5, 5.41) is 6.27. The van der Waals surface area contributed by atoms with Crippen molar-refractivity contribution in [3.8, 4) is 0 Å². The summed E-state index contributed by atoms with van der Waals surface area (Å²) in [7, 11) is -4.94. The molecule has 0 aromatic heterocycles. The third-order valence-electron chi connectivity index (χ3n) is 5.02. The Hall–Kier alpha value is -1.93. The second kappa shape index (κ2) is 9.47. The van der Waals surface area contributed by atoms with Crippen LogP contribution in [0.25, 0.3) is 0 Å². The molecule has 0 radical (unpaired) electrons. The van der Waals surface area contributed by atoms with Crippen LogP contribution in [0.4, 0.5) is 0 Å². The van der Waals surface area contributed by atoms with E-state index < -0.39 is 15.4 Å². The second-order valence-electron chi connectivity index (χ2n) is 8.24. The smallest absolute Gasteiger partial charge is 0.205 e. The van der Waals surface area contributed by atoms with Crippen LogP contribution in [-0.4, -0.2) is 8.07 Å². The van der Waals surface area contributed by atoms with Gasteiger partial charge >= 0.3 is 0 Å². The molecule has 154 valence electrons. The molecule has 0 aliphatic carbocycles. The third-order valence-corrected chi connectivity index (χ3v) is 10.3. The molecule has 1 N–H and O–H groups in total. The van der Waals surface area contributed by atoms with Gasteiger partial charge < -0.3 is 0 Å². The van der Waals surface area contributed by atoms with Crippen LogP contribution in [0.5, 0.6) is 0 Å². The molecule has 0 bridgehead atoms. The van der Waals surface area contributed by atoms with Gasteiger partial charge in [0, 0.05) is 15.1 Å². The van der Waals surface area contributed by atoms with E-state index in [0.29, 0.717) is 0 Å². The van der Waals surface area contributed by atoms with Crippen LogP contribution >= 0.6 is 23.2 Å². The van der Waals surface area contributed by atoms with Gasteiger partial charge in [-0.3, -0.25) is 4.57 Å². The quantitative estimate of drug-likeness (QED) is 0.227. The molecule has 0 aliphatic rings. The van der Waals surface area contributed by atoms with Crippen LogP contribution < -0.4 is 15.7 Å². The molecular formula is C25H27BrNOPSi. The largest absolute Gasteiger partial charge is 0.296 e. The molecule has 3 aromatic carbocycles. The van der Waals surface area contributed by atoms with Crippen molar-refractivity contribution in [1.82, 2.24) is 5.09 Å². The molecule has 0 amide bonds. The van der Waals surface area contributed by atoms with Crippen LogP contribution in [0.15, 0.2) is 107 Å². The minimum absolute atomic E-state index is 0.252. The average molecular weight is 496 g/mol. The van der Waals surface area contributed by atoms with E-state index in [-0.39, 0.29) is 6.04 Å². The molecule has 2 nitrogen and oxygen atoms in total. The molecule has 1 atom stereocenters. The first-order valence-electron chi connectivity index (χ1n) is 9.90. The van der Waals surface area contributed by atoms with E-state index in [2.05, 4.69) is 65.1 Å². The number of hydrogen-bond donors (Lipinski definition) is 1. The Balaban J connectivity index is 2.22. The summed E-state index contributed by atoms with van der Waals surface area (Å²) in [6.45, 7) is 10.8. The van der Waals surface area contributed by atoms with Crippen molar-refractivity contribution >= 4 is 41.9 Å². The first kappa shape index (κ1) is 22.7. The molecule has 3 aromatic rings. The van der Waals surface area contributed by atoms with Crippen molar-refractivity contribution in [1.29, 1.82) is 0 Å². The maximum atomic E-state index is 14.7. The number of nitrogens with one attached hydrogen (secondary N) is 1. The number of rotatable bonds is 7. The Morgan fingerprint density at radius 1 is 0.933 bits per heavy atom. The Kier molecular flexibility index (Phi) is 7.18. The van der Waals surface area contributed by atoms with Gasteiger partial charge in [-0.05, 0) is 47.2 Å². The Labute approximate surface area is 189 Å². The van der Waals surface area contributed by atoms with Gasteiger partial charge in [0.25, 0.3) is 0 Å². The fraction of sp³-hybridized carbons (Fsp3) is 0.160. The molecule has 0 saturated heterocycles. The minimum Gasteiger partial charge on any atom is -0.296 e. The summed E-state index contributed by atoms with van der Waals surface area (Å²) in [6, 6.07) is 27.3. The molecule has 0 spiro atoms. The standard InChI is InChI=1S/C25H27BrNOPSi/c1-5-24(30(2,3)4)25(20-13-12-14-21(26)19-20)27-29(28,22-15-8-6-9-16-22)23-17-10-7-11-18-23/h6-19,25H,1H2,2-4H3,(H,27,28). The molecule has 30 heavy (non-hydrogen) atoms. The fourth-order valence-corrected chi connectivity index (χ4v) is 8.14. The second-order valence-corrected chi connectivity index (χ2v) is 16.7. The van der Waals surface area contributed by atoms with Crippen LogP contribution in [0.1, 0.15) is 11.6 Å². The lowest BCUT2D eigenvalue weighted by atomic mass is 10.1. The van der Waals surface area contributed by atoms with Gasteiger partial charge in [0.15, 0.2) is 0 Å². The molecule has 3 rings (SSSR count). The monoisotopic (exact) mass is 495 g/mol. The van der Waals surface area contributed by atoms with Gasteiger partial charge in [-0.2, -0.15) is 0 Å². The van der Waals surface area contributed by atoms with Crippen molar-refractivity contribution in [3.05, 3.63) is 112 Å². The zero-order valence-corrected chi connectivity index (χ0v) is 21.1. The highest BCUT2D eigenvalue weighted by Gasteiger charge is 2.35. The van der Waals surface area contributed by atoms with Crippen molar-refractivity contribution in [3.63, 3.8) is 0 Å². The number of benzene rings is 3. The SMILES string of the molecule is C=C=C(C(NP(=O)(c1ccccc1)c1ccccc1)c1cccc(Br)c1)[Si](C)(C)C. The summed E-state index contributed by atoms with van der Waals surface area (Å²) in [6.07, 6.45) is 0. The van der Waals surface area contributed by atoms with E-state index in [1.54, 1.807) is 0 Å². The topological polar surface area (TPSA) is 29.1 Å². The van der Waals surface area contributed by atoms with Crippen molar-refractivity contribution in [2.75, 3.05) is 0 Å². The lowest BCUT2D eigenvalue weighted by Crippen LogP contribution is -2.37. The zero-order chi connectivity index (χ0) is 21.8. The molecule has 0 aliphatic heterocycles. The summed E-state index contributed by atoms with van der Waals surface area (Å²) in [5.41, 5.74) is 4.26. The predicted octanol–water partition coefficient (Wildman–Crippen LogP) is 6.60. The highest BCUT2D eigenvalue weighted by molar-refractivity contribution is 9.10. The van der Waals surface area contributed by atoms with Gasteiger partial charge in [-0.15, -0.1) is 5.73 Å². The van der Waals surface area contributed by atoms with Crippen LogP contribution in [0.3, 0.4) is 0 Å². The minimum atomic E-state index is -3.13. The van der Waals surface area contributed by atoms with E-state index in [0.717, 1.165) is 25.8 Å². The Morgan fingerprint density at radius 3 is 1.90 bits per heavy atom. The highest BCUT2D eigenvalue weighted by Crippen LogP contribution is 2.44. The lowest BCUT2D eigenvalue weighted by molar-refractivity contribution is 0.572. The first-order chi connectivity index (χ1) is 14.3. The Morgan fingerprint density at radius 2 is 1.47 bits per heavy atom. The van der Waals surface area contributed by atoms with E-state index in [4.69, 9.17) is 0 Å². The summed E-state index contributed by atoms with van der Waals surface area (Å²) >= 11 is 3.59. The van der Waals surface area contributed by atoms with Gasteiger partial charge in [0.05, 0.1) is 14.1 Å². The normalized spacial score (nSPS) is 12.8.